The largest absolute Gasteiger partial charge is 0.478 e. The molecule has 4 aromatic rings. The van der Waals surface area contributed by atoms with Crippen LogP contribution >= 0.6 is 0 Å². The van der Waals surface area contributed by atoms with Crippen molar-refractivity contribution in [3.8, 4) is 0 Å². The Bertz CT molecular complexity index is 2100. The minimum atomic E-state index is -1.28. The smallest absolute Gasteiger partial charge is 0.346 e. The molecule has 11 heteroatoms. The van der Waals surface area contributed by atoms with Gasteiger partial charge >= 0.3 is 23.9 Å². The van der Waals surface area contributed by atoms with E-state index in [1.54, 1.807) is 48.6 Å². The van der Waals surface area contributed by atoms with Gasteiger partial charge in [0.15, 0.2) is 0 Å². The van der Waals surface area contributed by atoms with Crippen LogP contribution in [0.4, 0.5) is 0 Å². The van der Waals surface area contributed by atoms with Crippen LogP contribution in [0.15, 0.2) is 99.2 Å². The van der Waals surface area contributed by atoms with Crippen molar-refractivity contribution in [2.75, 3.05) is 26.2 Å². The number of carbonyl (C=O) groups excluding carboxylic acids is 2. The predicted molar refractivity (Wildman–Crippen MR) is 198 cm³/mol. The first kappa shape index (κ1) is 34.0. The molecule has 0 heterocycles. The molecule has 256 valence electrons. The number of carbonyl (C=O) groups is 4. The Hall–Kier alpha value is -6.88. The minimum absolute atomic E-state index is 0.0929. The van der Waals surface area contributed by atoms with E-state index in [1.807, 2.05) is 0 Å². The molecule has 0 radical (unpaired) electrons. The highest BCUT2D eigenvalue weighted by Gasteiger charge is 2.33. The molecule has 0 fully saturated rings. The molecule has 4 aromatic carbocycles. The third-order valence-electron chi connectivity index (χ3n) is 8.68. The summed E-state index contributed by atoms with van der Waals surface area (Å²) >= 11 is 0. The zero-order valence-corrected chi connectivity index (χ0v) is 27.5. The molecule has 0 saturated carbocycles. The molecule has 0 unspecified atom stereocenters. The van der Waals surface area contributed by atoms with Crippen LogP contribution in [0.5, 0.6) is 0 Å². The van der Waals surface area contributed by atoms with Crippen molar-refractivity contribution in [2.24, 2.45) is 0 Å². The summed E-state index contributed by atoms with van der Waals surface area (Å²) in [5.41, 5.74) is 4.70. The summed E-state index contributed by atoms with van der Waals surface area (Å²) in [6, 6.07) is 12.3. The van der Waals surface area contributed by atoms with Crippen LogP contribution in [0.3, 0.4) is 0 Å². The number of esters is 2. The van der Waals surface area contributed by atoms with E-state index >= 15 is 0 Å². The number of aromatic carboxylic acids is 2. The number of rotatable bonds is 16. The highest BCUT2D eigenvalue weighted by Crippen LogP contribution is 2.44. The fourth-order valence-corrected chi connectivity index (χ4v) is 6.69. The maximum atomic E-state index is 13.9. The van der Waals surface area contributed by atoms with Gasteiger partial charge in [0.05, 0.1) is 45.0 Å². The van der Waals surface area contributed by atoms with Gasteiger partial charge in [0.25, 0.3) is 0 Å². The molecule has 0 aliphatic heterocycles. The highest BCUT2D eigenvalue weighted by molar-refractivity contribution is 6.25. The van der Waals surface area contributed by atoms with E-state index in [2.05, 4.69) is 47.6 Å². The molecule has 2 aliphatic carbocycles. The summed E-state index contributed by atoms with van der Waals surface area (Å²) in [6.45, 7) is 16.7. The Morgan fingerprint density at radius 3 is 1.00 bits per heavy atom. The lowest BCUT2D eigenvalue weighted by Gasteiger charge is -2.14. The van der Waals surface area contributed by atoms with Crippen molar-refractivity contribution in [1.29, 1.82) is 0 Å². The number of ether oxygens (including phenoxy) is 1. The lowest BCUT2D eigenvalue weighted by Crippen LogP contribution is -2.18. The molecule has 0 amide bonds. The normalized spacial score (nSPS) is 12.5. The number of carboxylic acid groups (broad SMARTS) is 2. The first-order valence-electron chi connectivity index (χ1n) is 16.0. The maximum Gasteiger partial charge on any atom is 0.346 e. The van der Waals surface area contributed by atoms with Crippen LogP contribution in [-0.4, -0.2) is 60.3 Å². The zero-order chi connectivity index (χ0) is 36.4. The van der Waals surface area contributed by atoms with Gasteiger partial charge < -0.3 is 36.2 Å². The quantitative estimate of drug-likeness (QED) is 0.0483. The van der Waals surface area contributed by atoms with Crippen LogP contribution in [0.25, 0.3) is 44.3 Å². The Kier molecular flexibility index (Phi) is 9.28. The fourth-order valence-electron chi connectivity index (χ4n) is 6.69. The van der Waals surface area contributed by atoms with Gasteiger partial charge in [-0.05, 0) is 24.3 Å². The molecule has 0 saturated heterocycles. The topological polar surface area (TPSA) is 166 Å². The minimum Gasteiger partial charge on any atom is -0.478 e. The molecule has 2 aliphatic rings. The first-order chi connectivity index (χ1) is 24.7. The molecule has 0 atom stereocenters. The number of carboxylic acids is 2. The molecule has 0 aromatic heterocycles. The number of hydrogen-bond donors (Lipinski definition) is 6. The molecule has 6 N–H and O–H groups in total. The SMILES string of the molecule is C=CCNC1=C(NCC=C)c2ccc(C(=O)OC(=O)c3ccc4c5c(ccc(C(=O)O)c35)C(NCC=C)=C4NCC=C)c3c(C(=O)O)ccc1c23. The average molecular weight is 683 g/mol. The number of benzene rings is 4. The van der Waals surface area contributed by atoms with Gasteiger partial charge in [-0.15, -0.1) is 26.3 Å². The van der Waals surface area contributed by atoms with Crippen molar-refractivity contribution in [3.05, 3.63) is 144 Å². The summed E-state index contributed by atoms with van der Waals surface area (Å²) in [7, 11) is 0. The highest BCUT2D eigenvalue weighted by atomic mass is 16.6. The van der Waals surface area contributed by atoms with Gasteiger partial charge in [-0.25, -0.2) is 19.2 Å². The van der Waals surface area contributed by atoms with Crippen LogP contribution < -0.4 is 21.3 Å². The fraction of sp³-hybridized carbons (Fsp3) is 0.100. The Morgan fingerprint density at radius 2 is 0.745 bits per heavy atom. The van der Waals surface area contributed by atoms with Gasteiger partial charge in [0.2, 0.25) is 0 Å². The van der Waals surface area contributed by atoms with E-state index in [0.717, 1.165) is 0 Å². The second-order valence-corrected chi connectivity index (χ2v) is 11.6. The standard InChI is InChI=1S/C40H34N4O7/c1-5-17-41-33-21-9-13-25(37(45)46)31-27(15-11-23(29(21)31)35(33)43-19-7-3)39(49)51-40(50)28-16-12-24-30-22(10-14-26(32(28)30)38(47)48)34(42-18-6-2)36(24)44-20-8-4/h5-16,41-44H,1-4,17-20H2,(H,45,46)(H,47,48). The van der Waals surface area contributed by atoms with E-state index in [1.165, 1.54) is 24.3 Å². The number of hydrogen-bond acceptors (Lipinski definition) is 9. The Morgan fingerprint density at radius 1 is 0.471 bits per heavy atom. The first-order valence-corrected chi connectivity index (χ1v) is 16.0. The Balaban J connectivity index is 1.46. The monoisotopic (exact) mass is 682 g/mol. The maximum absolute atomic E-state index is 13.9. The van der Waals surface area contributed by atoms with E-state index in [0.29, 0.717) is 82.0 Å². The third kappa shape index (κ3) is 5.70. The van der Waals surface area contributed by atoms with E-state index in [-0.39, 0.29) is 33.0 Å². The summed E-state index contributed by atoms with van der Waals surface area (Å²) in [5, 5.41) is 34.8. The Labute approximate surface area is 293 Å². The molecular formula is C40H34N4O7. The molecule has 0 bridgehead atoms. The predicted octanol–water partition coefficient (Wildman–Crippen LogP) is 5.77. The molecule has 0 spiro atoms. The lowest BCUT2D eigenvalue weighted by atomic mass is 9.93. The van der Waals surface area contributed by atoms with E-state index < -0.39 is 23.9 Å². The molecule has 51 heavy (non-hydrogen) atoms. The van der Waals surface area contributed by atoms with Gasteiger partial charge in [0, 0.05) is 70.0 Å². The van der Waals surface area contributed by atoms with Crippen molar-refractivity contribution < 1.29 is 34.1 Å². The lowest BCUT2D eigenvalue weighted by molar-refractivity contribution is 0.0400. The zero-order valence-electron chi connectivity index (χ0n) is 27.5. The van der Waals surface area contributed by atoms with Crippen molar-refractivity contribution >= 4 is 68.2 Å². The van der Waals surface area contributed by atoms with Crippen LogP contribution in [0, 0.1) is 0 Å². The second kappa shape index (κ2) is 13.9. The molecule has 6 rings (SSSR count). The third-order valence-corrected chi connectivity index (χ3v) is 8.68. The van der Waals surface area contributed by atoms with Crippen molar-refractivity contribution in [2.45, 2.75) is 0 Å². The van der Waals surface area contributed by atoms with Crippen LogP contribution in [0.1, 0.15) is 63.7 Å². The second-order valence-electron chi connectivity index (χ2n) is 11.6. The van der Waals surface area contributed by atoms with E-state index in [4.69, 9.17) is 4.74 Å². The average Bonchev–Trinajstić information content (AvgIpc) is 3.60. The van der Waals surface area contributed by atoms with Gasteiger partial charge in [-0.3, -0.25) is 0 Å². The van der Waals surface area contributed by atoms with Crippen molar-refractivity contribution in [1.82, 2.24) is 21.3 Å². The van der Waals surface area contributed by atoms with Gasteiger partial charge in [-0.2, -0.15) is 0 Å². The number of nitrogens with one attached hydrogen (secondary N) is 4. The van der Waals surface area contributed by atoms with Crippen molar-refractivity contribution in [3.63, 3.8) is 0 Å². The summed E-state index contributed by atoms with van der Waals surface area (Å²) in [4.78, 5) is 52.9. The summed E-state index contributed by atoms with van der Waals surface area (Å²) in [5.74, 6) is -4.75. The summed E-state index contributed by atoms with van der Waals surface area (Å²) in [6.07, 6.45) is 6.73. The van der Waals surface area contributed by atoms with Crippen LogP contribution in [-0.2, 0) is 4.74 Å². The molecule has 11 nitrogen and oxygen atoms in total. The molecular weight excluding hydrogens is 648 g/mol. The van der Waals surface area contributed by atoms with Gasteiger partial charge in [0.1, 0.15) is 0 Å². The van der Waals surface area contributed by atoms with Gasteiger partial charge in [-0.1, -0.05) is 48.6 Å². The van der Waals surface area contributed by atoms with E-state index in [9.17, 15) is 29.4 Å². The van der Waals surface area contributed by atoms with Crippen LogP contribution in [0.2, 0.25) is 0 Å². The summed E-state index contributed by atoms with van der Waals surface area (Å²) < 4.78 is 5.47.